The molecule has 0 bridgehead atoms. The normalized spacial score (nSPS) is 12.3. The van der Waals surface area contributed by atoms with Crippen molar-refractivity contribution in [1.29, 1.82) is 0 Å². The van der Waals surface area contributed by atoms with E-state index in [1.807, 2.05) is 49.5 Å². The maximum atomic E-state index is 6.25. The molecule has 0 aliphatic heterocycles. The summed E-state index contributed by atoms with van der Waals surface area (Å²) in [5.74, 6) is 0.763. The van der Waals surface area contributed by atoms with Crippen molar-refractivity contribution >= 4 is 28.3 Å². The highest BCUT2D eigenvalue weighted by Gasteiger charge is 2.12. The molecule has 0 saturated carbocycles. The standard InChI is InChI=1S/C17H17ClN4/c1-11(19)14-8-13-5-2-6-15(18)16(13)22-17(14)21-10-12-4-3-7-20-9-12/h2-9,11H,10,19H2,1H3,(H,21,22). The Morgan fingerprint density at radius 2 is 2.14 bits per heavy atom. The van der Waals surface area contributed by atoms with Crippen LogP contribution in [0.4, 0.5) is 5.82 Å². The van der Waals surface area contributed by atoms with E-state index in [4.69, 9.17) is 17.3 Å². The van der Waals surface area contributed by atoms with E-state index in [2.05, 4.69) is 15.3 Å². The molecule has 0 spiro atoms. The van der Waals surface area contributed by atoms with E-state index in [1.54, 1.807) is 6.20 Å². The molecular weight excluding hydrogens is 296 g/mol. The van der Waals surface area contributed by atoms with Crippen LogP contribution in [-0.4, -0.2) is 9.97 Å². The van der Waals surface area contributed by atoms with Gasteiger partial charge < -0.3 is 11.1 Å². The number of nitrogens with zero attached hydrogens (tertiary/aromatic N) is 2. The molecule has 1 unspecified atom stereocenters. The zero-order chi connectivity index (χ0) is 15.5. The number of rotatable bonds is 4. The molecule has 0 fully saturated rings. The Labute approximate surface area is 134 Å². The maximum absolute atomic E-state index is 6.25. The minimum atomic E-state index is -0.118. The van der Waals surface area contributed by atoms with E-state index in [0.29, 0.717) is 11.6 Å². The second kappa shape index (κ2) is 6.30. The third-order valence-electron chi connectivity index (χ3n) is 3.50. The summed E-state index contributed by atoms with van der Waals surface area (Å²) in [6.45, 7) is 2.58. The number of halogens is 1. The van der Waals surface area contributed by atoms with Gasteiger partial charge >= 0.3 is 0 Å². The monoisotopic (exact) mass is 312 g/mol. The number of pyridine rings is 2. The molecule has 3 aromatic rings. The number of hydrogen-bond donors (Lipinski definition) is 2. The van der Waals surface area contributed by atoms with Crippen LogP contribution < -0.4 is 11.1 Å². The Morgan fingerprint density at radius 1 is 1.27 bits per heavy atom. The van der Waals surface area contributed by atoms with Gasteiger partial charge in [0.15, 0.2) is 0 Å². The lowest BCUT2D eigenvalue weighted by atomic mass is 10.1. The van der Waals surface area contributed by atoms with Crippen molar-refractivity contribution < 1.29 is 0 Å². The van der Waals surface area contributed by atoms with Gasteiger partial charge in [0.05, 0.1) is 10.5 Å². The van der Waals surface area contributed by atoms with E-state index < -0.39 is 0 Å². The lowest BCUT2D eigenvalue weighted by Gasteiger charge is -2.15. The minimum Gasteiger partial charge on any atom is -0.366 e. The largest absolute Gasteiger partial charge is 0.366 e. The SMILES string of the molecule is CC(N)c1cc2cccc(Cl)c2nc1NCc1cccnc1. The van der Waals surface area contributed by atoms with Gasteiger partial charge in [-0.25, -0.2) is 4.98 Å². The van der Waals surface area contributed by atoms with Crippen molar-refractivity contribution in [1.82, 2.24) is 9.97 Å². The molecule has 4 nitrogen and oxygen atoms in total. The van der Waals surface area contributed by atoms with E-state index in [0.717, 1.165) is 27.8 Å². The lowest BCUT2D eigenvalue weighted by molar-refractivity contribution is 0.814. The summed E-state index contributed by atoms with van der Waals surface area (Å²) >= 11 is 6.25. The van der Waals surface area contributed by atoms with Gasteiger partial charge in [0.2, 0.25) is 0 Å². The molecule has 1 aromatic carbocycles. The average Bonchev–Trinajstić information content (AvgIpc) is 2.53. The summed E-state index contributed by atoms with van der Waals surface area (Å²) in [6.07, 6.45) is 3.58. The predicted molar refractivity (Wildman–Crippen MR) is 90.9 cm³/mol. The number of para-hydroxylation sites is 1. The molecule has 0 radical (unpaired) electrons. The molecule has 112 valence electrons. The highest BCUT2D eigenvalue weighted by atomic mass is 35.5. The third-order valence-corrected chi connectivity index (χ3v) is 3.80. The number of aromatic nitrogens is 2. The number of hydrogen-bond acceptors (Lipinski definition) is 4. The van der Waals surface area contributed by atoms with Crippen molar-refractivity contribution in [2.45, 2.75) is 19.5 Å². The van der Waals surface area contributed by atoms with Crippen LogP contribution in [0.5, 0.6) is 0 Å². The molecule has 0 aliphatic rings. The van der Waals surface area contributed by atoms with Crippen LogP contribution in [-0.2, 0) is 6.54 Å². The molecule has 22 heavy (non-hydrogen) atoms. The molecule has 1 atom stereocenters. The Balaban J connectivity index is 1.99. The molecule has 0 aliphatic carbocycles. The van der Waals surface area contributed by atoms with Crippen LogP contribution >= 0.6 is 11.6 Å². The van der Waals surface area contributed by atoms with Gasteiger partial charge in [-0.15, -0.1) is 0 Å². The van der Waals surface area contributed by atoms with Crippen LogP contribution in [0.3, 0.4) is 0 Å². The second-order valence-electron chi connectivity index (χ2n) is 5.24. The van der Waals surface area contributed by atoms with Crippen molar-refractivity contribution in [3.8, 4) is 0 Å². The van der Waals surface area contributed by atoms with Crippen LogP contribution in [0.1, 0.15) is 24.1 Å². The van der Waals surface area contributed by atoms with E-state index in [9.17, 15) is 0 Å². The van der Waals surface area contributed by atoms with Gasteiger partial charge in [0.1, 0.15) is 5.82 Å². The molecule has 2 aromatic heterocycles. The smallest absolute Gasteiger partial charge is 0.131 e. The summed E-state index contributed by atoms with van der Waals surface area (Å²) in [6, 6.07) is 11.6. The van der Waals surface area contributed by atoms with Gasteiger partial charge in [0.25, 0.3) is 0 Å². The Bertz CT molecular complexity index is 787. The average molecular weight is 313 g/mol. The zero-order valence-corrected chi connectivity index (χ0v) is 13.0. The third kappa shape index (κ3) is 3.03. The number of nitrogens with two attached hydrogens (primary N) is 1. The molecule has 2 heterocycles. The molecule has 0 amide bonds. The molecular formula is C17H17ClN4. The van der Waals surface area contributed by atoms with Gasteiger partial charge in [0, 0.05) is 35.9 Å². The topological polar surface area (TPSA) is 63.8 Å². The molecule has 3 rings (SSSR count). The Hall–Kier alpha value is -2.17. The fourth-order valence-electron chi connectivity index (χ4n) is 2.36. The van der Waals surface area contributed by atoms with Crippen molar-refractivity contribution in [3.05, 3.63) is 64.9 Å². The molecule has 3 N–H and O–H groups in total. The van der Waals surface area contributed by atoms with Crippen LogP contribution in [0.15, 0.2) is 48.8 Å². The predicted octanol–water partition coefficient (Wildman–Crippen LogP) is 3.92. The first kappa shape index (κ1) is 14.8. The van der Waals surface area contributed by atoms with E-state index in [1.165, 1.54) is 0 Å². The number of benzene rings is 1. The Morgan fingerprint density at radius 3 is 2.86 bits per heavy atom. The summed E-state index contributed by atoms with van der Waals surface area (Å²) in [5.41, 5.74) is 8.92. The van der Waals surface area contributed by atoms with E-state index >= 15 is 0 Å². The zero-order valence-electron chi connectivity index (χ0n) is 12.3. The van der Waals surface area contributed by atoms with Crippen LogP contribution in [0.25, 0.3) is 10.9 Å². The van der Waals surface area contributed by atoms with Crippen molar-refractivity contribution in [3.63, 3.8) is 0 Å². The summed E-state index contributed by atoms with van der Waals surface area (Å²) in [5, 5.41) is 4.97. The van der Waals surface area contributed by atoms with Crippen LogP contribution in [0, 0.1) is 0 Å². The first-order valence-corrected chi connectivity index (χ1v) is 7.50. The van der Waals surface area contributed by atoms with Gasteiger partial charge in [-0.3, -0.25) is 4.98 Å². The second-order valence-corrected chi connectivity index (χ2v) is 5.65. The number of fused-ring (bicyclic) bond motifs is 1. The maximum Gasteiger partial charge on any atom is 0.131 e. The highest BCUT2D eigenvalue weighted by Crippen LogP contribution is 2.28. The fraction of sp³-hybridized carbons (Fsp3) is 0.176. The first-order valence-electron chi connectivity index (χ1n) is 7.12. The highest BCUT2D eigenvalue weighted by molar-refractivity contribution is 6.35. The molecule has 5 heteroatoms. The summed E-state index contributed by atoms with van der Waals surface area (Å²) < 4.78 is 0. The lowest BCUT2D eigenvalue weighted by Crippen LogP contribution is -2.12. The minimum absolute atomic E-state index is 0.118. The van der Waals surface area contributed by atoms with E-state index in [-0.39, 0.29) is 6.04 Å². The van der Waals surface area contributed by atoms with Gasteiger partial charge in [-0.05, 0) is 30.7 Å². The van der Waals surface area contributed by atoms with Gasteiger partial charge in [-0.2, -0.15) is 0 Å². The van der Waals surface area contributed by atoms with Crippen molar-refractivity contribution in [2.24, 2.45) is 5.73 Å². The van der Waals surface area contributed by atoms with Gasteiger partial charge in [-0.1, -0.05) is 29.8 Å². The first-order chi connectivity index (χ1) is 10.6. The number of anilines is 1. The summed E-state index contributed by atoms with van der Waals surface area (Å²) in [7, 11) is 0. The molecule has 0 saturated heterocycles. The fourth-order valence-corrected chi connectivity index (χ4v) is 2.58. The Kier molecular flexibility index (Phi) is 4.22. The summed E-state index contributed by atoms with van der Waals surface area (Å²) in [4.78, 5) is 8.78. The van der Waals surface area contributed by atoms with Crippen molar-refractivity contribution in [2.75, 3.05) is 5.32 Å². The number of nitrogens with one attached hydrogen (secondary N) is 1. The quantitative estimate of drug-likeness (QED) is 0.766. The van der Waals surface area contributed by atoms with Crippen LogP contribution in [0.2, 0.25) is 5.02 Å².